The summed E-state index contributed by atoms with van der Waals surface area (Å²) in [6, 6.07) is 3.96. The lowest BCUT2D eigenvalue weighted by Crippen LogP contribution is -2.26. The van der Waals surface area contributed by atoms with Gasteiger partial charge in [0.15, 0.2) is 0 Å². The first kappa shape index (κ1) is 14.0. The summed E-state index contributed by atoms with van der Waals surface area (Å²) in [7, 11) is 0. The molecule has 0 aromatic carbocycles. The minimum Gasteiger partial charge on any atom is -0.397 e. The van der Waals surface area contributed by atoms with Crippen molar-refractivity contribution in [3.63, 3.8) is 0 Å². The van der Waals surface area contributed by atoms with Crippen LogP contribution in [0.2, 0.25) is 0 Å². The number of aromatic nitrogens is 1. The molecular weight excluding hydrogens is 210 g/mol. The molecule has 0 saturated heterocycles. The maximum absolute atomic E-state index is 5.64. The summed E-state index contributed by atoms with van der Waals surface area (Å²) >= 11 is 0. The number of pyridine rings is 1. The Bertz CT molecular complexity index is 287. The molecule has 3 heteroatoms. The molecule has 0 aliphatic rings. The van der Waals surface area contributed by atoms with Crippen LogP contribution in [0.25, 0.3) is 0 Å². The Balaban J connectivity index is 2.48. The molecule has 0 aliphatic heterocycles. The van der Waals surface area contributed by atoms with Crippen LogP contribution in [0.5, 0.6) is 0 Å². The van der Waals surface area contributed by atoms with E-state index in [1.54, 1.807) is 6.20 Å². The van der Waals surface area contributed by atoms with E-state index in [0.717, 1.165) is 17.9 Å². The van der Waals surface area contributed by atoms with Crippen molar-refractivity contribution in [3.05, 3.63) is 24.0 Å². The van der Waals surface area contributed by atoms with Crippen LogP contribution in [0.1, 0.15) is 45.2 Å². The number of hydrogen-bond acceptors (Lipinski definition) is 3. The van der Waals surface area contributed by atoms with Gasteiger partial charge in [-0.2, -0.15) is 0 Å². The Kier molecular flexibility index (Phi) is 6.63. The van der Waals surface area contributed by atoms with E-state index in [0.29, 0.717) is 0 Å². The highest BCUT2D eigenvalue weighted by Crippen LogP contribution is 2.07. The molecule has 1 aromatic rings. The molecular formula is C14H25N3. The molecule has 0 spiro atoms. The third kappa shape index (κ3) is 5.68. The van der Waals surface area contributed by atoms with E-state index >= 15 is 0 Å². The smallest absolute Gasteiger partial charge is 0.0545 e. The monoisotopic (exact) mass is 235 g/mol. The number of anilines is 1. The molecule has 1 heterocycles. The van der Waals surface area contributed by atoms with E-state index in [4.69, 9.17) is 5.73 Å². The van der Waals surface area contributed by atoms with Crippen LogP contribution in [-0.4, -0.2) is 23.0 Å². The largest absolute Gasteiger partial charge is 0.397 e. The fourth-order valence-electron chi connectivity index (χ4n) is 1.79. The van der Waals surface area contributed by atoms with E-state index in [9.17, 15) is 0 Å². The van der Waals surface area contributed by atoms with Crippen molar-refractivity contribution in [2.75, 3.05) is 18.8 Å². The molecule has 0 fully saturated rings. The number of nitrogen functional groups attached to an aromatic ring is 1. The second-order valence-electron chi connectivity index (χ2n) is 4.57. The Labute approximate surface area is 105 Å². The van der Waals surface area contributed by atoms with Gasteiger partial charge in [0.05, 0.1) is 17.6 Å². The van der Waals surface area contributed by atoms with Gasteiger partial charge in [0.25, 0.3) is 0 Å². The van der Waals surface area contributed by atoms with Gasteiger partial charge < -0.3 is 5.73 Å². The second-order valence-corrected chi connectivity index (χ2v) is 4.57. The van der Waals surface area contributed by atoms with Crippen LogP contribution in [0.4, 0.5) is 5.69 Å². The highest BCUT2D eigenvalue weighted by molar-refractivity contribution is 5.34. The van der Waals surface area contributed by atoms with Gasteiger partial charge in [-0.1, -0.05) is 26.7 Å². The Hall–Kier alpha value is -1.09. The summed E-state index contributed by atoms with van der Waals surface area (Å²) in [4.78, 5) is 6.86. The van der Waals surface area contributed by atoms with Gasteiger partial charge in [-0.3, -0.25) is 9.88 Å². The molecule has 0 radical (unpaired) electrons. The third-order valence-corrected chi connectivity index (χ3v) is 2.89. The van der Waals surface area contributed by atoms with Crippen LogP contribution in [0.3, 0.4) is 0 Å². The van der Waals surface area contributed by atoms with E-state index < -0.39 is 0 Å². The summed E-state index contributed by atoms with van der Waals surface area (Å²) in [6.07, 6.45) is 6.76. The van der Waals surface area contributed by atoms with Gasteiger partial charge in [0.1, 0.15) is 0 Å². The fourth-order valence-corrected chi connectivity index (χ4v) is 1.79. The van der Waals surface area contributed by atoms with Crippen molar-refractivity contribution in [2.45, 2.75) is 46.1 Å². The summed E-state index contributed by atoms with van der Waals surface area (Å²) in [5, 5.41) is 0. The first-order valence-electron chi connectivity index (χ1n) is 6.69. The lowest BCUT2D eigenvalue weighted by atomic mass is 10.2. The SMILES string of the molecule is CCCCN(CCCC)Cc1ccc(N)cn1. The quantitative estimate of drug-likeness (QED) is 0.753. The summed E-state index contributed by atoms with van der Waals surface area (Å²) in [5.74, 6) is 0. The Morgan fingerprint density at radius 1 is 1.12 bits per heavy atom. The molecule has 0 amide bonds. The molecule has 0 aliphatic carbocycles. The molecule has 1 aromatic heterocycles. The molecule has 2 N–H and O–H groups in total. The molecule has 17 heavy (non-hydrogen) atoms. The van der Waals surface area contributed by atoms with Crippen molar-refractivity contribution in [1.29, 1.82) is 0 Å². The van der Waals surface area contributed by atoms with E-state index in [1.165, 1.54) is 38.8 Å². The number of rotatable bonds is 8. The zero-order valence-corrected chi connectivity index (χ0v) is 11.2. The lowest BCUT2D eigenvalue weighted by Gasteiger charge is -2.21. The molecule has 0 saturated carbocycles. The van der Waals surface area contributed by atoms with Crippen molar-refractivity contribution in [3.8, 4) is 0 Å². The fraction of sp³-hybridized carbons (Fsp3) is 0.643. The van der Waals surface area contributed by atoms with Crippen LogP contribution in [-0.2, 0) is 6.54 Å². The van der Waals surface area contributed by atoms with Gasteiger partial charge in [-0.15, -0.1) is 0 Å². The van der Waals surface area contributed by atoms with Gasteiger partial charge in [-0.25, -0.2) is 0 Å². The first-order valence-corrected chi connectivity index (χ1v) is 6.69. The van der Waals surface area contributed by atoms with Crippen LogP contribution < -0.4 is 5.73 Å². The maximum atomic E-state index is 5.64. The standard InChI is InChI=1S/C14H25N3/c1-3-5-9-17(10-6-4-2)12-14-8-7-13(15)11-16-14/h7-8,11H,3-6,9-10,12,15H2,1-2H3. The van der Waals surface area contributed by atoms with Crippen LogP contribution >= 0.6 is 0 Å². The minimum atomic E-state index is 0.738. The zero-order valence-electron chi connectivity index (χ0n) is 11.2. The Morgan fingerprint density at radius 2 is 1.76 bits per heavy atom. The average Bonchev–Trinajstić information content (AvgIpc) is 2.35. The Morgan fingerprint density at radius 3 is 2.24 bits per heavy atom. The molecule has 1 rings (SSSR count). The normalized spacial score (nSPS) is 11.0. The van der Waals surface area contributed by atoms with Gasteiger partial charge in [0, 0.05) is 6.54 Å². The van der Waals surface area contributed by atoms with Gasteiger partial charge in [-0.05, 0) is 38.1 Å². The van der Waals surface area contributed by atoms with E-state index in [-0.39, 0.29) is 0 Å². The number of nitrogens with two attached hydrogens (primary N) is 1. The maximum Gasteiger partial charge on any atom is 0.0545 e. The van der Waals surface area contributed by atoms with E-state index in [1.807, 2.05) is 12.1 Å². The third-order valence-electron chi connectivity index (χ3n) is 2.89. The number of hydrogen-bond donors (Lipinski definition) is 1. The number of nitrogens with zero attached hydrogens (tertiary/aromatic N) is 2. The molecule has 0 unspecified atom stereocenters. The van der Waals surface area contributed by atoms with Gasteiger partial charge >= 0.3 is 0 Å². The minimum absolute atomic E-state index is 0.738. The van der Waals surface area contributed by atoms with Crippen molar-refractivity contribution in [2.24, 2.45) is 0 Å². The zero-order chi connectivity index (χ0) is 12.5. The van der Waals surface area contributed by atoms with E-state index in [2.05, 4.69) is 23.7 Å². The van der Waals surface area contributed by atoms with Crippen LogP contribution in [0.15, 0.2) is 18.3 Å². The lowest BCUT2D eigenvalue weighted by molar-refractivity contribution is 0.254. The molecule has 0 atom stereocenters. The molecule has 0 bridgehead atoms. The van der Waals surface area contributed by atoms with Crippen LogP contribution in [0, 0.1) is 0 Å². The summed E-state index contributed by atoms with van der Waals surface area (Å²) in [6.45, 7) is 7.75. The molecule has 96 valence electrons. The summed E-state index contributed by atoms with van der Waals surface area (Å²) in [5.41, 5.74) is 7.50. The predicted octanol–water partition coefficient (Wildman–Crippen LogP) is 3.07. The predicted molar refractivity (Wildman–Crippen MR) is 73.7 cm³/mol. The van der Waals surface area contributed by atoms with Crippen molar-refractivity contribution < 1.29 is 0 Å². The highest BCUT2D eigenvalue weighted by atomic mass is 15.1. The van der Waals surface area contributed by atoms with Crippen molar-refractivity contribution >= 4 is 5.69 Å². The number of unbranched alkanes of at least 4 members (excludes halogenated alkanes) is 2. The van der Waals surface area contributed by atoms with Crippen molar-refractivity contribution in [1.82, 2.24) is 9.88 Å². The summed E-state index contributed by atoms with van der Waals surface area (Å²) < 4.78 is 0. The average molecular weight is 235 g/mol. The topological polar surface area (TPSA) is 42.1 Å². The first-order chi connectivity index (χ1) is 8.26. The van der Waals surface area contributed by atoms with Gasteiger partial charge in [0.2, 0.25) is 0 Å². The second kappa shape index (κ2) is 8.07. The highest BCUT2D eigenvalue weighted by Gasteiger charge is 2.05. The molecule has 3 nitrogen and oxygen atoms in total.